The molecule has 16 nitrogen and oxygen atoms in total. The molecule has 0 saturated carbocycles. The minimum absolute atomic E-state index is 0.00466. The molecule has 1 rings (SSSR count). The third-order valence-corrected chi connectivity index (χ3v) is 6.05. The molecular formula is C24H40N10O6S. The van der Waals surface area contributed by atoms with Crippen LogP contribution in [0.4, 0.5) is 0 Å². The Morgan fingerprint density at radius 1 is 0.780 bits per heavy atom. The molecule has 3 amide bonds. The third-order valence-electron chi connectivity index (χ3n) is 5.69. The van der Waals surface area contributed by atoms with E-state index in [0.29, 0.717) is 12.0 Å². The number of hydrogen-bond donors (Lipinski definition) is 11. The van der Waals surface area contributed by atoms with E-state index >= 15 is 0 Å². The van der Waals surface area contributed by atoms with Crippen LogP contribution in [0, 0.1) is 0 Å². The van der Waals surface area contributed by atoms with E-state index in [2.05, 4.69) is 38.6 Å². The number of carboxylic acid groups (broad SMARTS) is 1. The number of nitrogens with two attached hydrogens (primary N) is 5. The van der Waals surface area contributed by atoms with Gasteiger partial charge in [-0.2, -0.15) is 12.6 Å². The van der Waals surface area contributed by atoms with Gasteiger partial charge < -0.3 is 54.8 Å². The van der Waals surface area contributed by atoms with Gasteiger partial charge in [0, 0.05) is 25.3 Å². The number of rotatable bonds is 18. The van der Waals surface area contributed by atoms with Gasteiger partial charge in [0.15, 0.2) is 11.9 Å². The summed E-state index contributed by atoms with van der Waals surface area (Å²) in [6.45, 7) is 0.417. The zero-order valence-electron chi connectivity index (χ0n) is 22.5. The Morgan fingerprint density at radius 2 is 1.27 bits per heavy atom. The number of phenolic OH excluding ortho intramolecular Hbond substituents is 1. The summed E-state index contributed by atoms with van der Waals surface area (Å²) in [4.78, 5) is 58.3. The molecule has 0 fully saturated rings. The monoisotopic (exact) mass is 596 g/mol. The molecule has 17 heteroatoms. The Kier molecular flexibility index (Phi) is 15.4. The first-order valence-corrected chi connectivity index (χ1v) is 13.4. The zero-order chi connectivity index (χ0) is 30.9. The molecule has 4 unspecified atom stereocenters. The van der Waals surface area contributed by atoms with Crippen molar-refractivity contribution in [3.05, 3.63) is 29.8 Å². The number of benzene rings is 1. The van der Waals surface area contributed by atoms with E-state index in [0.717, 1.165) is 0 Å². The number of thiol groups is 1. The van der Waals surface area contributed by atoms with Gasteiger partial charge in [-0.15, -0.1) is 0 Å². The largest absolute Gasteiger partial charge is 0.508 e. The highest BCUT2D eigenvalue weighted by Gasteiger charge is 2.30. The maximum Gasteiger partial charge on any atom is 0.327 e. The number of aliphatic carboxylic acids is 1. The quantitative estimate of drug-likeness (QED) is 0.0348. The summed E-state index contributed by atoms with van der Waals surface area (Å²) in [6.07, 6.45) is 0.957. The van der Waals surface area contributed by atoms with Crippen molar-refractivity contribution < 1.29 is 29.4 Å². The van der Waals surface area contributed by atoms with Crippen LogP contribution in [0.15, 0.2) is 34.3 Å². The molecule has 15 N–H and O–H groups in total. The van der Waals surface area contributed by atoms with Crippen molar-refractivity contribution in [2.24, 2.45) is 38.7 Å². The average molecular weight is 597 g/mol. The van der Waals surface area contributed by atoms with Crippen molar-refractivity contribution in [3.63, 3.8) is 0 Å². The molecule has 1 aromatic carbocycles. The van der Waals surface area contributed by atoms with Crippen LogP contribution in [0.5, 0.6) is 5.75 Å². The highest BCUT2D eigenvalue weighted by molar-refractivity contribution is 7.80. The van der Waals surface area contributed by atoms with Crippen LogP contribution >= 0.6 is 12.6 Å². The predicted octanol–water partition coefficient (Wildman–Crippen LogP) is -3.16. The van der Waals surface area contributed by atoms with Gasteiger partial charge in [-0.05, 0) is 43.4 Å². The number of aliphatic imine (C=N–C) groups is 2. The maximum absolute atomic E-state index is 13.4. The number of amides is 3. The summed E-state index contributed by atoms with van der Waals surface area (Å²) in [5.74, 6) is -3.83. The van der Waals surface area contributed by atoms with Gasteiger partial charge >= 0.3 is 5.97 Å². The fraction of sp³-hybridized carbons (Fsp3) is 0.500. The van der Waals surface area contributed by atoms with E-state index in [-0.39, 0.29) is 62.2 Å². The van der Waals surface area contributed by atoms with Gasteiger partial charge in [0.2, 0.25) is 17.7 Å². The van der Waals surface area contributed by atoms with Crippen LogP contribution in [0.1, 0.15) is 31.2 Å². The lowest BCUT2D eigenvalue weighted by Crippen LogP contribution is -2.57. The first kappa shape index (κ1) is 34.8. The van der Waals surface area contributed by atoms with Gasteiger partial charge in [0.05, 0.1) is 6.04 Å². The van der Waals surface area contributed by atoms with Crippen LogP contribution in [-0.2, 0) is 25.6 Å². The van der Waals surface area contributed by atoms with Crippen LogP contribution in [-0.4, -0.2) is 88.8 Å². The summed E-state index contributed by atoms with van der Waals surface area (Å²) < 4.78 is 0. The maximum atomic E-state index is 13.4. The molecule has 0 spiro atoms. The Balaban J connectivity index is 3.11. The fourth-order valence-corrected chi connectivity index (χ4v) is 3.76. The van der Waals surface area contributed by atoms with Crippen molar-refractivity contribution in [2.45, 2.75) is 56.3 Å². The molecule has 41 heavy (non-hydrogen) atoms. The summed E-state index contributed by atoms with van der Waals surface area (Å²) in [6, 6.07) is 1.34. The number of carbonyl (C=O) groups is 4. The molecule has 0 saturated heterocycles. The standard InChI is InChI=1S/C24H40N10O6S/c25-15(3-1-9-30-23(26)27)19(36)33-17(11-13-5-7-14(35)8-6-13)21(38)32-16(4-2-10-31-24(28)29)20(37)34-18(12-41)22(39)40/h5-8,15-18,35,41H,1-4,9-12,25H2,(H,32,38)(H,33,36)(H,34,37)(H,39,40)(H4,26,27,30)(H4,28,29,31). The van der Waals surface area contributed by atoms with Gasteiger partial charge in [0.1, 0.15) is 23.9 Å². The van der Waals surface area contributed by atoms with E-state index in [1.165, 1.54) is 12.1 Å². The Hall–Kier alpha value is -4.25. The molecule has 4 atom stereocenters. The number of hydrogen-bond acceptors (Lipinski definition) is 9. The lowest BCUT2D eigenvalue weighted by atomic mass is 10.0. The molecule has 0 aliphatic carbocycles. The smallest absolute Gasteiger partial charge is 0.327 e. The summed E-state index contributed by atoms with van der Waals surface area (Å²) in [5.41, 5.74) is 27.8. The van der Waals surface area contributed by atoms with E-state index in [9.17, 15) is 29.4 Å². The number of aromatic hydroxyl groups is 1. The molecule has 0 aromatic heterocycles. The molecule has 228 valence electrons. The summed E-state index contributed by atoms with van der Waals surface area (Å²) >= 11 is 3.94. The van der Waals surface area contributed by atoms with Crippen molar-refractivity contribution in [1.29, 1.82) is 0 Å². The summed E-state index contributed by atoms with van der Waals surface area (Å²) in [5, 5.41) is 26.4. The second-order valence-electron chi connectivity index (χ2n) is 9.08. The van der Waals surface area contributed by atoms with E-state index < -0.39 is 47.9 Å². The van der Waals surface area contributed by atoms with Gasteiger partial charge in [-0.25, -0.2) is 4.79 Å². The van der Waals surface area contributed by atoms with Crippen molar-refractivity contribution in [3.8, 4) is 5.75 Å². The van der Waals surface area contributed by atoms with Crippen molar-refractivity contribution in [2.75, 3.05) is 18.8 Å². The lowest BCUT2D eigenvalue weighted by molar-refractivity contribution is -0.141. The first-order valence-electron chi connectivity index (χ1n) is 12.7. The minimum atomic E-state index is -1.30. The third kappa shape index (κ3) is 14.1. The fourth-order valence-electron chi connectivity index (χ4n) is 3.51. The highest BCUT2D eigenvalue weighted by atomic mass is 32.1. The predicted molar refractivity (Wildman–Crippen MR) is 157 cm³/mol. The second kappa shape index (κ2) is 18.2. The molecule has 0 bridgehead atoms. The molecule has 1 aromatic rings. The van der Waals surface area contributed by atoms with Gasteiger partial charge in [-0.3, -0.25) is 24.4 Å². The average Bonchev–Trinajstić information content (AvgIpc) is 2.91. The summed E-state index contributed by atoms with van der Waals surface area (Å²) in [7, 11) is 0. The molecule has 0 radical (unpaired) electrons. The normalized spacial score (nSPS) is 13.5. The van der Waals surface area contributed by atoms with Crippen LogP contribution in [0.2, 0.25) is 0 Å². The van der Waals surface area contributed by atoms with Gasteiger partial charge in [-0.1, -0.05) is 12.1 Å². The Bertz CT molecular complexity index is 1080. The number of nitrogens with one attached hydrogen (secondary N) is 3. The van der Waals surface area contributed by atoms with Crippen LogP contribution in [0.3, 0.4) is 0 Å². The topological polar surface area (TPSA) is 300 Å². The number of carboxylic acids is 1. The van der Waals surface area contributed by atoms with Crippen molar-refractivity contribution in [1.82, 2.24) is 16.0 Å². The van der Waals surface area contributed by atoms with E-state index in [1.54, 1.807) is 12.1 Å². The van der Waals surface area contributed by atoms with Gasteiger partial charge in [0.25, 0.3) is 0 Å². The zero-order valence-corrected chi connectivity index (χ0v) is 23.4. The number of nitrogens with zero attached hydrogens (tertiary/aromatic N) is 2. The Morgan fingerprint density at radius 3 is 1.78 bits per heavy atom. The Labute approximate surface area is 243 Å². The molecule has 0 aliphatic heterocycles. The second-order valence-corrected chi connectivity index (χ2v) is 9.44. The van der Waals surface area contributed by atoms with Crippen LogP contribution < -0.4 is 44.6 Å². The molecule has 0 heterocycles. The van der Waals surface area contributed by atoms with Crippen molar-refractivity contribution >= 4 is 48.2 Å². The minimum Gasteiger partial charge on any atom is -0.508 e. The first-order chi connectivity index (χ1) is 19.3. The van der Waals surface area contributed by atoms with Crippen LogP contribution in [0.25, 0.3) is 0 Å². The number of carbonyl (C=O) groups excluding carboxylic acids is 3. The highest BCUT2D eigenvalue weighted by Crippen LogP contribution is 2.12. The van der Waals surface area contributed by atoms with E-state index in [4.69, 9.17) is 28.7 Å². The lowest BCUT2D eigenvalue weighted by Gasteiger charge is -2.25. The number of phenols is 1. The molecular weight excluding hydrogens is 556 g/mol. The SMILES string of the molecule is NC(N)=NCCCC(N)C(=O)NC(Cc1ccc(O)cc1)C(=O)NC(CCCN=C(N)N)C(=O)NC(CS)C(=O)O. The van der Waals surface area contributed by atoms with E-state index in [1.807, 2.05) is 0 Å². The molecule has 0 aliphatic rings. The number of guanidine groups is 2.